The first-order chi connectivity index (χ1) is 7.67. The molecule has 1 amide bonds. The lowest BCUT2D eigenvalue weighted by molar-refractivity contribution is 0.0834. The Morgan fingerprint density at radius 2 is 2.44 bits per heavy atom. The molecule has 6 heteroatoms. The van der Waals surface area contributed by atoms with Crippen molar-refractivity contribution >= 4 is 5.91 Å². The average molecular weight is 228 g/mol. The van der Waals surface area contributed by atoms with E-state index in [9.17, 15) is 9.18 Å². The molecule has 0 aliphatic rings. The molecule has 0 saturated carbocycles. The summed E-state index contributed by atoms with van der Waals surface area (Å²) in [6.45, 7) is -0.0769. The van der Waals surface area contributed by atoms with Crippen LogP contribution in [0, 0.1) is 5.95 Å². The quantitative estimate of drug-likeness (QED) is 0.693. The van der Waals surface area contributed by atoms with Crippen LogP contribution in [0.1, 0.15) is 10.5 Å². The monoisotopic (exact) mass is 228 g/mol. The summed E-state index contributed by atoms with van der Waals surface area (Å²) in [4.78, 5) is 15.0. The third kappa shape index (κ3) is 3.56. The highest BCUT2D eigenvalue weighted by molar-refractivity contribution is 5.92. The van der Waals surface area contributed by atoms with Gasteiger partial charge in [0.2, 0.25) is 5.95 Å². The van der Waals surface area contributed by atoms with Crippen molar-refractivity contribution in [3.8, 4) is 0 Å². The second-order valence-electron chi connectivity index (χ2n) is 3.15. The topological polar surface area (TPSA) is 71.5 Å². The fourth-order valence-corrected chi connectivity index (χ4v) is 1.14. The second kappa shape index (κ2) is 6.14. The van der Waals surface area contributed by atoms with Gasteiger partial charge in [0.15, 0.2) is 0 Å². The molecule has 5 nitrogen and oxygen atoms in total. The normalized spacial score (nSPS) is 12.2. The summed E-state index contributed by atoms with van der Waals surface area (Å²) in [5.41, 5.74) is -0.0328. The van der Waals surface area contributed by atoms with Crippen molar-refractivity contribution in [3.05, 3.63) is 29.8 Å². The van der Waals surface area contributed by atoms with Crippen LogP contribution < -0.4 is 5.32 Å². The summed E-state index contributed by atoms with van der Waals surface area (Å²) >= 11 is 0. The Morgan fingerprint density at radius 3 is 3.00 bits per heavy atom. The molecule has 0 aromatic carbocycles. The van der Waals surface area contributed by atoms with E-state index in [0.717, 1.165) is 6.07 Å². The molecule has 1 atom stereocenters. The lowest BCUT2D eigenvalue weighted by Gasteiger charge is -2.14. The number of halogens is 1. The Labute approximate surface area is 92.3 Å². The summed E-state index contributed by atoms with van der Waals surface area (Å²) in [6.07, 6.45) is 0. The number of methoxy groups -OCH3 is 1. The smallest absolute Gasteiger partial charge is 0.270 e. The number of amides is 1. The largest absolute Gasteiger partial charge is 0.394 e. The molecule has 0 spiro atoms. The Bertz CT molecular complexity index is 360. The van der Waals surface area contributed by atoms with Gasteiger partial charge in [0.05, 0.1) is 19.3 Å². The zero-order valence-electron chi connectivity index (χ0n) is 8.81. The number of pyridine rings is 1. The molecule has 1 unspecified atom stereocenters. The molecule has 0 aliphatic heterocycles. The van der Waals surface area contributed by atoms with Crippen LogP contribution in [0.15, 0.2) is 18.2 Å². The molecule has 1 aromatic rings. The lowest BCUT2D eigenvalue weighted by Crippen LogP contribution is -2.41. The molecule has 1 aromatic heterocycles. The summed E-state index contributed by atoms with van der Waals surface area (Å²) in [6, 6.07) is 3.40. The van der Waals surface area contributed by atoms with Crippen molar-refractivity contribution in [1.82, 2.24) is 10.3 Å². The minimum absolute atomic E-state index is 0.0328. The maximum absolute atomic E-state index is 12.7. The van der Waals surface area contributed by atoms with Gasteiger partial charge < -0.3 is 15.2 Å². The van der Waals surface area contributed by atoms with Crippen molar-refractivity contribution < 1.29 is 19.0 Å². The highest BCUT2D eigenvalue weighted by atomic mass is 19.1. The van der Waals surface area contributed by atoms with Gasteiger partial charge in [-0.2, -0.15) is 4.39 Å². The molecule has 0 saturated heterocycles. The standard InChI is InChI=1S/C10H13FN2O3/c1-16-6-7(5-14)12-10(15)8-3-2-4-9(11)13-8/h2-4,7,14H,5-6H2,1H3,(H,12,15). The predicted octanol–water partition coefficient (Wildman–Crippen LogP) is -0.0422. The Hall–Kier alpha value is -1.53. The van der Waals surface area contributed by atoms with Crippen LogP contribution in [0.5, 0.6) is 0 Å². The summed E-state index contributed by atoms with van der Waals surface area (Å²) in [5, 5.41) is 11.4. The molecular weight excluding hydrogens is 215 g/mol. The van der Waals surface area contributed by atoms with Crippen LogP contribution in [0.2, 0.25) is 0 Å². The van der Waals surface area contributed by atoms with E-state index >= 15 is 0 Å². The number of nitrogens with zero attached hydrogens (tertiary/aromatic N) is 1. The molecule has 0 bridgehead atoms. The molecule has 16 heavy (non-hydrogen) atoms. The third-order valence-electron chi connectivity index (χ3n) is 1.87. The van der Waals surface area contributed by atoms with E-state index in [2.05, 4.69) is 10.3 Å². The molecule has 0 radical (unpaired) electrons. The summed E-state index contributed by atoms with van der Waals surface area (Å²) < 4.78 is 17.5. The van der Waals surface area contributed by atoms with Gasteiger partial charge in [-0.15, -0.1) is 0 Å². The molecule has 88 valence electrons. The Kier molecular flexibility index (Phi) is 4.81. The number of aliphatic hydroxyl groups is 1. The van der Waals surface area contributed by atoms with Crippen LogP contribution in [0.25, 0.3) is 0 Å². The molecule has 0 fully saturated rings. The highest BCUT2D eigenvalue weighted by Gasteiger charge is 2.13. The number of rotatable bonds is 5. The number of aromatic nitrogens is 1. The van der Waals surface area contributed by atoms with E-state index in [-0.39, 0.29) is 18.9 Å². The predicted molar refractivity (Wildman–Crippen MR) is 54.4 cm³/mol. The third-order valence-corrected chi connectivity index (χ3v) is 1.87. The van der Waals surface area contributed by atoms with Gasteiger partial charge in [0.1, 0.15) is 5.69 Å². The van der Waals surface area contributed by atoms with E-state index in [1.165, 1.54) is 19.2 Å². The minimum Gasteiger partial charge on any atom is -0.394 e. The number of carbonyl (C=O) groups excluding carboxylic acids is 1. The van der Waals surface area contributed by atoms with Gasteiger partial charge in [-0.25, -0.2) is 4.98 Å². The van der Waals surface area contributed by atoms with E-state index in [0.29, 0.717) is 0 Å². The fraction of sp³-hybridized carbons (Fsp3) is 0.400. The van der Waals surface area contributed by atoms with Crippen LogP contribution >= 0.6 is 0 Å². The second-order valence-corrected chi connectivity index (χ2v) is 3.15. The number of nitrogens with one attached hydrogen (secondary N) is 1. The highest BCUT2D eigenvalue weighted by Crippen LogP contribution is 1.98. The van der Waals surface area contributed by atoms with Crippen LogP contribution in [-0.4, -0.2) is 42.4 Å². The van der Waals surface area contributed by atoms with Gasteiger partial charge in [-0.05, 0) is 12.1 Å². The first-order valence-electron chi connectivity index (χ1n) is 4.70. The molecule has 0 aliphatic carbocycles. The molecular formula is C10H13FN2O3. The van der Waals surface area contributed by atoms with E-state index < -0.39 is 17.9 Å². The van der Waals surface area contributed by atoms with E-state index in [4.69, 9.17) is 9.84 Å². The van der Waals surface area contributed by atoms with Gasteiger partial charge in [-0.3, -0.25) is 4.79 Å². The number of ether oxygens (including phenoxy) is 1. The Morgan fingerprint density at radius 1 is 1.69 bits per heavy atom. The fourth-order valence-electron chi connectivity index (χ4n) is 1.14. The van der Waals surface area contributed by atoms with Gasteiger partial charge in [0.25, 0.3) is 5.91 Å². The van der Waals surface area contributed by atoms with Crippen molar-refractivity contribution in [2.45, 2.75) is 6.04 Å². The van der Waals surface area contributed by atoms with Crippen molar-refractivity contribution in [2.24, 2.45) is 0 Å². The molecule has 1 heterocycles. The van der Waals surface area contributed by atoms with Crippen molar-refractivity contribution in [1.29, 1.82) is 0 Å². The maximum Gasteiger partial charge on any atom is 0.270 e. The van der Waals surface area contributed by atoms with Gasteiger partial charge >= 0.3 is 0 Å². The first-order valence-corrected chi connectivity index (χ1v) is 4.70. The zero-order valence-corrected chi connectivity index (χ0v) is 8.81. The zero-order chi connectivity index (χ0) is 12.0. The van der Waals surface area contributed by atoms with Crippen LogP contribution in [0.3, 0.4) is 0 Å². The van der Waals surface area contributed by atoms with Crippen LogP contribution in [-0.2, 0) is 4.74 Å². The van der Waals surface area contributed by atoms with E-state index in [1.54, 1.807) is 0 Å². The minimum atomic E-state index is -0.722. The average Bonchev–Trinajstić information content (AvgIpc) is 2.28. The van der Waals surface area contributed by atoms with E-state index in [1.807, 2.05) is 0 Å². The molecule has 1 rings (SSSR count). The van der Waals surface area contributed by atoms with Crippen molar-refractivity contribution in [3.63, 3.8) is 0 Å². The number of carbonyl (C=O) groups is 1. The van der Waals surface area contributed by atoms with Crippen molar-refractivity contribution in [2.75, 3.05) is 20.3 Å². The lowest BCUT2D eigenvalue weighted by atomic mass is 10.3. The SMILES string of the molecule is COCC(CO)NC(=O)c1cccc(F)n1. The maximum atomic E-state index is 12.7. The van der Waals surface area contributed by atoms with Gasteiger partial charge in [0, 0.05) is 7.11 Å². The molecule has 2 N–H and O–H groups in total. The summed E-state index contributed by atoms with van der Waals surface area (Å²) in [5.74, 6) is -1.27. The van der Waals surface area contributed by atoms with Gasteiger partial charge in [-0.1, -0.05) is 6.07 Å². The number of hydrogen-bond acceptors (Lipinski definition) is 4. The summed E-state index contributed by atoms with van der Waals surface area (Å²) in [7, 11) is 1.45. The number of aliphatic hydroxyl groups excluding tert-OH is 1. The Balaban J connectivity index is 2.64. The first kappa shape index (κ1) is 12.5. The number of hydrogen-bond donors (Lipinski definition) is 2. The van der Waals surface area contributed by atoms with Crippen LogP contribution in [0.4, 0.5) is 4.39 Å².